The third-order valence-electron chi connectivity index (χ3n) is 9.31. The number of pyridine rings is 1. The van der Waals surface area contributed by atoms with E-state index in [2.05, 4.69) is 14.9 Å². The Morgan fingerprint density at radius 3 is 2.67 bits per heavy atom. The zero-order valence-electron chi connectivity index (χ0n) is 21.9. The fraction of sp³-hybridized carbons (Fsp3) is 0.500. The molecule has 0 spiro atoms. The van der Waals surface area contributed by atoms with Crippen LogP contribution in [0.15, 0.2) is 47.1 Å². The number of carbonyl (C=O) groups excluding carboxylic acids is 1. The van der Waals surface area contributed by atoms with Gasteiger partial charge in [-0.15, -0.1) is 13.2 Å². The molecule has 0 amide bonds. The Morgan fingerprint density at radius 1 is 1.12 bits per heavy atom. The van der Waals surface area contributed by atoms with Gasteiger partial charge in [-0.1, -0.05) is 17.3 Å². The topological polar surface area (TPSA) is 83.7 Å². The van der Waals surface area contributed by atoms with E-state index in [1.165, 1.54) is 19.2 Å². The van der Waals surface area contributed by atoms with Gasteiger partial charge in [-0.3, -0.25) is 4.98 Å². The fourth-order valence-corrected chi connectivity index (χ4v) is 7.42. The van der Waals surface area contributed by atoms with E-state index in [0.717, 1.165) is 44.2 Å². The first-order valence-electron chi connectivity index (χ1n) is 13.8. The molecule has 0 N–H and O–H groups in total. The van der Waals surface area contributed by atoms with Crippen molar-refractivity contribution in [2.75, 3.05) is 7.11 Å². The molecule has 2 unspecified atom stereocenters. The van der Waals surface area contributed by atoms with Crippen molar-refractivity contribution in [3.05, 3.63) is 65.2 Å². The summed E-state index contributed by atoms with van der Waals surface area (Å²) in [5.41, 5.74) is 2.95. The summed E-state index contributed by atoms with van der Waals surface area (Å²) in [4.78, 5) is 16.4. The van der Waals surface area contributed by atoms with Crippen LogP contribution in [0.4, 0.5) is 13.2 Å². The van der Waals surface area contributed by atoms with Gasteiger partial charge in [0.1, 0.15) is 17.2 Å². The molecule has 40 heavy (non-hydrogen) atoms. The fourth-order valence-electron chi connectivity index (χ4n) is 7.42. The lowest BCUT2D eigenvalue weighted by atomic mass is 9.69. The Balaban J connectivity index is 1.05. The molecule has 7 nitrogen and oxygen atoms in total. The number of halogens is 3. The number of hydrogen-bond acceptors (Lipinski definition) is 7. The Kier molecular flexibility index (Phi) is 5.96. The van der Waals surface area contributed by atoms with Crippen molar-refractivity contribution in [1.82, 2.24) is 10.1 Å². The molecular weight excluding hydrogens is 525 g/mol. The maximum Gasteiger partial charge on any atom is 0.573 e. The highest BCUT2D eigenvalue weighted by Crippen LogP contribution is 2.78. The SMILES string of the molecule is COC(=O)c1ccc(C23C[C@H]4C[C@@H](OCc5c(-c6ccccc6OC(F)(F)F)noc5C5CC5)CC[C@@H]2C43)nc1. The third kappa shape index (κ3) is 4.27. The summed E-state index contributed by atoms with van der Waals surface area (Å²) in [7, 11) is 1.36. The monoisotopic (exact) mass is 554 g/mol. The number of aromatic nitrogens is 2. The molecule has 0 bridgehead atoms. The average molecular weight is 555 g/mol. The normalized spacial score (nSPS) is 28.7. The molecule has 0 aliphatic heterocycles. The number of nitrogens with zero attached hydrogens (tertiary/aromatic N) is 2. The van der Waals surface area contributed by atoms with Crippen LogP contribution < -0.4 is 4.74 Å². The first kappa shape index (κ1) is 25.6. The van der Waals surface area contributed by atoms with E-state index in [0.29, 0.717) is 40.3 Å². The predicted molar refractivity (Wildman–Crippen MR) is 135 cm³/mol. The first-order valence-corrected chi connectivity index (χ1v) is 13.8. The van der Waals surface area contributed by atoms with Crippen molar-refractivity contribution >= 4 is 5.97 Å². The number of hydrogen-bond donors (Lipinski definition) is 0. The van der Waals surface area contributed by atoms with Gasteiger partial charge in [-0.25, -0.2) is 4.79 Å². The molecule has 10 heteroatoms. The van der Waals surface area contributed by atoms with Gasteiger partial charge < -0.3 is 18.7 Å². The molecule has 210 valence electrons. The van der Waals surface area contributed by atoms with Crippen LogP contribution in [0.1, 0.15) is 71.8 Å². The molecule has 5 atom stereocenters. The van der Waals surface area contributed by atoms with Crippen molar-refractivity contribution in [3.8, 4) is 17.0 Å². The quantitative estimate of drug-likeness (QED) is 0.291. The smallest absolute Gasteiger partial charge is 0.465 e. The summed E-state index contributed by atoms with van der Waals surface area (Å²) in [5, 5.41) is 4.19. The average Bonchev–Trinajstić information content (AvgIpc) is 3.81. The standard InChI is InChI=1S/C30H29F3N2O5/c1-37-28(36)17-8-11-24(34-14-17)29-13-18-12-19(9-10-22(29)25(18)29)38-15-21-26(35-40-27(21)16-6-7-16)20-4-2-3-5-23(20)39-30(31,32)33/h2-5,8,11,14,16,18-19,22,25H,6-7,9-10,12-13,15H2,1H3/t18-,19+,22-,25?,29?/m1/s1. The van der Waals surface area contributed by atoms with E-state index in [1.807, 2.05) is 6.07 Å². The van der Waals surface area contributed by atoms with Gasteiger partial charge in [0.2, 0.25) is 0 Å². The van der Waals surface area contributed by atoms with E-state index >= 15 is 0 Å². The molecule has 1 aromatic carbocycles. The summed E-state index contributed by atoms with van der Waals surface area (Å²) in [5.74, 6) is 1.93. The highest BCUT2D eigenvalue weighted by molar-refractivity contribution is 5.88. The number of carbonyl (C=O) groups is 1. The van der Waals surface area contributed by atoms with Gasteiger partial charge in [0.15, 0.2) is 0 Å². The van der Waals surface area contributed by atoms with Gasteiger partial charge >= 0.3 is 12.3 Å². The lowest BCUT2D eigenvalue weighted by Gasteiger charge is -2.37. The van der Waals surface area contributed by atoms with Gasteiger partial charge in [-0.05, 0) is 80.5 Å². The van der Waals surface area contributed by atoms with Gasteiger partial charge in [0.05, 0.1) is 25.4 Å². The second kappa shape index (κ2) is 9.33. The minimum atomic E-state index is -4.81. The Labute approximate surface area is 229 Å². The molecule has 2 aromatic heterocycles. The van der Waals surface area contributed by atoms with Crippen LogP contribution in [0.5, 0.6) is 5.75 Å². The summed E-state index contributed by atoms with van der Waals surface area (Å²) in [6.07, 6.45) is 2.72. The lowest BCUT2D eigenvalue weighted by Crippen LogP contribution is -2.34. The maximum atomic E-state index is 13.1. The molecule has 4 aliphatic rings. The van der Waals surface area contributed by atoms with Crippen molar-refractivity contribution in [2.45, 2.75) is 68.9 Å². The van der Waals surface area contributed by atoms with Crippen LogP contribution in [-0.2, 0) is 21.5 Å². The number of esters is 1. The number of rotatable bonds is 8. The highest BCUT2D eigenvalue weighted by Gasteiger charge is 2.76. The minimum Gasteiger partial charge on any atom is -0.465 e. The van der Waals surface area contributed by atoms with Gasteiger partial charge in [0, 0.05) is 34.4 Å². The Bertz CT molecular complexity index is 1430. The second-order valence-electron chi connectivity index (χ2n) is 11.5. The largest absolute Gasteiger partial charge is 0.573 e. The molecular formula is C30H29F3N2O5. The van der Waals surface area contributed by atoms with Crippen LogP contribution in [0.3, 0.4) is 0 Å². The second-order valence-corrected chi connectivity index (χ2v) is 11.5. The van der Waals surface area contributed by atoms with Crippen LogP contribution in [0.2, 0.25) is 0 Å². The minimum absolute atomic E-state index is 0.0573. The number of fused-ring (bicyclic) bond motifs is 1. The number of para-hydroxylation sites is 1. The maximum absolute atomic E-state index is 13.1. The van der Waals surface area contributed by atoms with Gasteiger partial charge in [0.25, 0.3) is 0 Å². The number of benzene rings is 1. The molecule has 4 fully saturated rings. The molecule has 4 aliphatic carbocycles. The summed E-state index contributed by atoms with van der Waals surface area (Å²) in [6, 6.07) is 9.79. The zero-order valence-corrected chi connectivity index (χ0v) is 21.9. The van der Waals surface area contributed by atoms with Crippen molar-refractivity contribution in [3.63, 3.8) is 0 Å². The van der Waals surface area contributed by atoms with Crippen molar-refractivity contribution < 1.29 is 36.7 Å². The summed E-state index contributed by atoms with van der Waals surface area (Å²) in [6.45, 7) is 0.236. The highest BCUT2D eigenvalue weighted by atomic mass is 19.4. The van der Waals surface area contributed by atoms with E-state index < -0.39 is 6.36 Å². The van der Waals surface area contributed by atoms with Crippen LogP contribution >= 0.6 is 0 Å². The van der Waals surface area contributed by atoms with Crippen LogP contribution in [0.25, 0.3) is 11.3 Å². The molecule has 3 aromatic rings. The lowest BCUT2D eigenvalue weighted by molar-refractivity contribution is -0.274. The molecule has 7 rings (SSSR count). The van der Waals surface area contributed by atoms with Crippen molar-refractivity contribution in [2.24, 2.45) is 17.8 Å². The number of ether oxygens (including phenoxy) is 3. The Morgan fingerprint density at radius 2 is 1.95 bits per heavy atom. The molecule has 0 saturated heterocycles. The number of methoxy groups -OCH3 is 1. The molecule has 4 saturated carbocycles. The van der Waals surface area contributed by atoms with E-state index in [4.69, 9.17) is 14.0 Å². The first-order chi connectivity index (χ1) is 19.3. The third-order valence-corrected chi connectivity index (χ3v) is 9.31. The Hall–Kier alpha value is -3.40. The van der Waals surface area contributed by atoms with E-state index in [1.54, 1.807) is 24.4 Å². The number of alkyl halides is 3. The summed E-state index contributed by atoms with van der Waals surface area (Å²) >= 11 is 0. The van der Waals surface area contributed by atoms with Crippen LogP contribution in [-0.4, -0.2) is 35.7 Å². The zero-order chi connectivity index (χ0) is 27.6. The van der Waals surface area contributed by atoms with Crippen LogP contribution in [0, 0.1) is 17.8 Å². The van der Waals surface area contributed by atoms with Crippen molar-refractivity contribution in [1.29, 1.82) is 0 Å². The van der Waals surface area contributed by atoms with Gasteiger partial charge in [-0.2, -0.15) is 0 Å². The summed E-state index contributed by atoms with van der Waals surface area (Å²) < 4.78 is 60.4. The molecule has 2 heterocycles. The predicted octanol–water partition coefficient (Wildman–Crippen LogP) is 6.57. The van der Waals surface area contributed by atoms with E-state index in [-0.39, 0.29) is 41.3 Å². The molecule has 0 radical (unpaired) electrons. The van der Waals surface area contributed by atoms with E-state index in [9.17, 15) is 18.0 Å².